The number of amides is 2. The minimum atomic E-state index is -0.890. The second-order valence-electron chi connectivity index (χ2n) is 5.62. The molecule has 0 radical (unpaired) electrons. The van der Waals surface area contributed by atoms with Gasteiger partial charge in [0.2, 0.25) is 5.91 Å². The third kappa shape index (κ3) is 2.82. The molecule has 5 nitrogen and oxygen atoms in total. The minimum Gasteiger partial charge on any atom is -0.392 e. The zero-order chi connectivity index (χ0) is 15.8. The van der Waals surface area contributed by atoms with Gasteiger partial charge in [-0.05, 0) is 26.0 Å². The van der Waals surface area contributed by atoms with Gasteiger partial charge >= 0.3 is 0 Å². The average Bonchev–Trinajstić information content (AvgIpc) is 2.41. The maximum absolute atomic E-state index is 12.8. The summed E-state index contributed by atoms with van der Waals surface area (Å²) in [7, 11) is 0. The number of anilines is 1. The summed E-state index contributed by atoms with van der Waals surface area (Å²) in [5.41, 5.74) is 0.492. The van der Waals surface area contributed by atoms with E-state index < -0.39 is 5.54 Å². The van der Waals surface area contributed by atoms with Gasteiger partial charge in [-0.3, -0.25) is 9.59 Å². The molecule has 0 saturated carbocycles. The Morgan fingerprint density at radius 1 is 1.38 bits per heavy atom. The van der Waals surface area contributed by atoms with E-state index in [9.17, 15) is 14.7 Å². The van der Waals surface area contributed by atoms with Crippen LogP contribution in [0.15, 0.2) is 22.7 Å². The zero-order valence-corrected chi connectivity index (χ0v) is 14.0. The maximum atomic E-state index is 12.8. The minimum absolute atomic E-state index is 0.107. The highest BCUT2D eigenvalue weighted by Crippen LogP contribution is 2.31. The summed E-state index contributed by atoms with van der Waals surface area (Å²) < 4.78 is 0.842. The smallest absolute Gasteiger partial charge is 0.252 e. The SMILES string of the molecule is CC(=O)N1CCN(c2cc(Br)ccc2CO)C(=O)C1(C)C. The van der Waals surface area contributed by atoms with E-state index in [0.717, 1.165) is 4.47 Å². The molecule has 0 aromatic heterocycles. The topological polar surface area (TPSA) is 60.9 Å². The van der Waals surface area contributed by atoms with Crippen molar-refractivity contribution >= 4 is 33.4 Å². The number of benzene rings is 1. The number of aliphatic hydroxyl groups excluding tert-OH is 1. The highest BCUT2D eigenvalue weighted by Gasteiger charge is 2.43. The number of hydrogen-bond acceptors (Lipinski definition) is 3. The largest absolute Gasteiger partial charge is 0.392 e. The number of rotatable bonds is 2. The molecule has 21 heavy (non-hydrogen) atoms. The number of carbonyl (C=O) groups is 2. The van der Waals surface area contributed by atoms with Crippen molar-refractivity contribution in [3.05, 3.63) is 28.2 Å². The predicted molar refractivity (Wildman–Crippen MR) is 83.9 cm³/mol. The van der Waals surface area contributed by atoms with E-state index in [4.69, 9.17) is 0 Å². The van der Waals surface area contributed by atoms with Crippen molar-refractivity contribution in [2.45, 2.75) is 32.9 Å². The van der Waals surface area contributed by atoms with Crippen molar-refractivity contribution < 1.29 is 14.7 Å². The molecule has 114 valence electrons. The summed E-state index contributed by atoms with van der Waals surface area (Å²) in [6.45, 7) is 5.74. The third-order valence-corrected chi connectivity index (χ3v) is 4.37. The first-order chi connectivity index (χ1) is 9.78. The molecule has 1 N–H and O–H groups in total. The Balaban J connectivity index is 2.42. The Bertz CT molecular complexity index is 586. The van der Waals surface area contributed by atoms with Crippen LogP contribution < -0.4 is 4.90 Å². The van der Waals surface area contributed by atoms with Crippen LogP contribution in [0, 0.1) is 0 Å². The van der Waals surface area contributed by atoms with Crippen LogP contribution in [0.1, 0.15) is 26.3 Å². The van der Waals surface area contributed by atoms with Crippen molar-refractivity contribution in [1.82, 2.24) is 4.90 Å². The van der Waals surface area contributed by atoms with Gasteiger partial charge in [0.1, 0.15) is 5.54 Å². The molecule has 1 aliphatic heterocycles. The lowest BCUT2D eigenvalue weighted by atomic mass is 9.96. The van der Waals surface area contributed by atoms with Crippen LogP contribution in [-0.4, -0.2) is 40.4 Å². The number of aliphatic hydroxyl groups is 1. The van der Waals surface area contributed by atoms with Crippen LogP contribution in [-0.2, 0) is 16.2 Å². The van der Waals surface area contributed by atoms with E-state index in [-0.39, 0.29) is 18.4 Å². The van der Waals surface area contributed by atoms with Crippen LogP contribution in [0.2, 0.25) is 0 Å². The molecule has 1 aliphatic rings. The lowest BCUT2D eigenvalue weighted by Gasteiger charge is -2.45. The van der Waals surface area contributed by atoms with Crippen LogP contribution in [0.4, 0.5) is 5.69 Å². The first-order valence-corrected chi connectivity index (χ1v) is 7.57. The van der Waals surface area contributed by atoms with E-state index in [1.165, 1.54) is 6.92 Å². The van der Waals surface area contributed by atoms with Crippen LogP contribution in [0.25, 0.3) is 0 Å². The fourth-order valence-electron chi connectivity index (χ4n) is 2.73. The molecule has 2 rings (SSSR count). The second-order valence-corrected chi connectivity index (χ2v) is 6.53. The summed E-state index contributed by atoms with van der Waals surface area (Å²) in [6.07, 6.45) is 0. The van der Waals surface area contributed by atoms with E-state index in [0.29, 0.717) is 24.3 Å². The van der Waals surface area contributed by atoms with Crippen molar-refractivity contribution in [2.24, 2.45) is 0 Å². The summed E-state index contributed by atoms with van der Waals surface area (Å²) in [5.74, 6) is -0.249. The molecule has 0 spiro atoms. The molecule has 2 amide bonds. The molecule has 1 aromatic carbocycles. The molecule has 1 saturated heterocycles. The average molecular weight is 355 g/mol. The fraction of sp³-hybridized carbons (Fsp3) is 0.467. The zero-order valence-electron chi connectivity index (χ0n) is 12.4. The molecular formula is C15H19BrN2O3. The van der Waals surface area contributed by atoms with Crippen molar-refractivity contribution in [3.8, 4) is 0 Å². The number of hydrogen-bond donors (Lipinski definition) is 1. The van der Waals surface area contributed by atoms with E-state index >= 15 is 0 Å². The summed E-state index contributed by atoms with van der Waals surface area (Å²) in [6, 6.07) is 5.44. The van der Waals surface area contributed by atoms with Crippen LogP contribution in [0.5, 0.6) is 0 Å². The second kappa shape index (κ2) is 5.77. The third-order valence-electron chi connectivity index (χ3n) is 3.88. The van der Waals surface area contributed by atoms with Crippen LogP contribution in [0.3, 0.4) is 0 Å². The summed E-state index contributed by atoms with van der Waals surface area (Å²) in [5, 5.41) is 9.48. The molecule has 1 heterocycles. The van der Waals surface area contributed by atoms with Gasteiger partial charge in [0, 0.05) is 30.0 Å². The first kappa shape index (κ1) is 16.0. The van der Waals surface area contributed by atoms with E-state index in [1.54, 1.807) is 29.7 Å². The predicted octanol–water partition coefficient (Wildman–Crippen LogP) is 1.92. The van der Waals surface area contributed by atoms with Gasteiger partial charge in [0.05, 0.1) is 12.3 Å². The molecular weight excluding hydrogens is 336 g/mol. The van der Waals surface area contributed by atoms with E-state index in [2.05, 4.69) is 15.9 Å². The molecule has 0 atom stereocenters. The van der Waals surface area contributed by atoms with Crippen LogP contribution >= 0.6 is 15.9 Å². The Hall–Kier alpha value is -1.40. The number of carbonyl (C=O) groups excluding carboxylic acids is 2. The van der Waals surface area contributed by atoms with E-state index in [1.807, 2.05) is 12.1 Å². The van der Waals surface area contributed by atoms with Gasteiger partial charge in [-0.25, -0.2) is 0 Å². The molecule has 6 heteroatoms. The van der Waals surface area contributed by atoms with Crippen molar-refractivity contribution in [3.63, 3.8) is 0 Å². The Morgan fingerprint density at radius 3 is 2.62 bits per heavy atom. The van der Waals surface area contributed by atoms with Gasteiger partial charge < -0.3 is 14.9 Å². The van der Waals surface area contributed by atoms with Crippen molar-refractivity contribution in [1.29, 1.82) is 0 Å². The van der Waals surface area contributed by atoms with Gasteiger partial charge in [-0.1, -0.05) is 22.0 Å². The highest BCUT2D eigenvalue weighted by molar-refractivity contribution is 9.10. The molecule has 0 unspecified atom stereocenters. The van der Waals surface area contributed by atoms with Crippen molar-refractivity contribution in [2.75, 3.05) is 18.0 Å². The standard InChI is InChI=1S/C15H19BrN2O3/c1-10(20)18-7-6-17(14(21)15(18,2)3)13-8-12(16)5-4-11(13)9-19/h4-5,8,19H,6-7,9H2,1-3H3. The van der Waals surface area contributed by atoms with Gasteiger partial charge in [0.15, 0.2) is 0 Å². The lowest BCUT2D eigenvalue weighted by molar-refractivity contribution is -0.145. The quantitative estimate of drug-likeness (QED) is 0.882. The number of nitrogens with zero attached hydrogens (tertiary/aromatic N) is 2. The molecule has 1 aromatic rings. The fourth-order valence-corrected chi connectivity index (χ4v) is 3.08. The maximum Gasteiger partial charge on any atom is 0.252 e. The molecule has 1 fully saturated rings. The Labute approximate surface area is 132 Å². The van der Waals surface area contributed by atoms with Gasteiger partial charge in [0.25, 0.3) is 5.91 Å². The normalized spacial score (nSPS) is 18.0. The van der Waals surface area contributed by atoms with Gasteiger partial charge in [-0.2, -0.15) is 0 Å². The molecule has 0 aliphatic carbocycles. The van der Waals surface area contributed by atoms with Gasteiger partial charge in [-0.15, -0.1) is 0 Å². The number of halogens is 1. The first-order valence-electron chi connectivity index (χ1n) is 6.78. The highest BCUT2D eigenvalue weighted by atomic mass is 79.9. The molecule has 0 bridgehead atoms. The monoisotopic (exact) mass is 354 g/mol. The lowest BCUT2D eigenvalue weighted by Crippen LogP contribution is -2.64. The Morgan fingerprint density at radius 2 is 2.05 bits per heavy atom. The number of piperazine rings is 1. The summed E-state index contributed by atoms with van der Waals surface area (Å²) >= 11 is 3.39. The Kier molecular flexibility index (Phi) is 4.39. The summed E-state index contributed by atoms with van der Waals surface area (Å²) in [4.78, 5) is 27.7.